The van der Waals surface area contributed by atoms with Gasteiger partial charge in [-0.25, -0.2) is 0 Å². The van der Waals surface area contributed by atoms with Gasteiger partial charge in [0.1, 0.15) is 5.75 Å². The summed E-state index contributed by atoms with van der Waals surface area (Å²) in [6, 6.07) is 15.6. The zero-order valence-corrected chi connectivity index (χ0v) is 12.1. The van der Waals surface area contributed by atoms with Crippen LogP contribution in [0.15, 0.2) is 46.9 Å². The van der Waals surface area contributed by atoms with E-state index < -0.39 is 0 Å². The van der Waals surface area contributed by atoms with Crippen molar-refractivity contribution < 1.29 is 4.74 Å². The Kier molecular flexibility index (Phi) is 4.43. The molecule has 0 saturated carbocycles. The lowest BCUT2D eigenvalue weighted by atomic mass is 10.1. The second-order valence-corrected chi connectivity index (χ2v) is 4.83. The van der Waals surface area contributed by atoms with Gasteiger partial charge in [0.05, 0.1) is 23.2 Å². The van der Waals surface area contributed by atoms with Crippen LogP contribution in [-0.2, 0) is 6.54 Å². The van der Waals surface area contributed by atoms with Crippen molar-refractivity contribution >= 4 is 21.6 Å². The molecule has 2 aromatic carbocycles. The number of hydrogen-bond acceptors (Lipinski definition) is 3. The van der Waals surface area contributed by atoms with Crippen molar-refractivity contribution in [3.05, 3.63) is 58.1 Å². The lowest BCUT2D eigenvalue weighted by Crippen LogP contribution is -2.01. The largest absolute Gasteiger partial charge is 0.495 e. The van der Waals surface area contributed by atoms with E-state index in [0.717, 1.165) is 21.5 Å². The van der Waals surface area contributed by atoms with E-state index in [2.05, 4.69) is 27.3 Å². The van der Waals surface area contributed by atoms with E-state index in [9.17, 15) is 0 Å². The molecular weight excluding hydrogens is 304 g/mol. The molecule has 4 heteroatoms. The second kappa shape index (κ2) is 6.26. The van der Waals surface area contributed by atoms with Gasteiger partial charge in [0.25, 0.3) is 0 Å². The molecule has 0 bridgehead atoms. The minimum atomic E-state index is 0.606. The number of benzene rings is 2. The highest BCUT2D eigenvalue weighted by Crippen LogP contribution is 2.28. The third-order valence-electron chi connectivity index (χ3n) is 2.77. The van der Waals surface area contributed by atoms with E-state index in [1.165, 1.54) is 0 Å². The molecule has 0 unspecified atom stereocenters. The van der Waals surface area contributed by atoms with Gasteiger partial charge >= 0.3 is 0 Å². The van der Waals surface area contributed by atoms with Crippen LogP contribution >= 0.6 is 15.9 Å². The van der Waals surface area contributed by atoms with Crippen LogP contribution in [0.1, 0.15) is 11.1 Å². The van der Waals surface area contributed by atoms with Gasteiger partial charge < -0.3 is 10.1 Å². The van der Waals surface area contributed by atoms with Crippen LogP contribution in [0.5, 0.6) is 5.75 Å². The van der Waals surface area contributed by atoms with Crippen LogP contribution in [-0.4, -0.2) is 7.11 Å². The van der Waals surface area contributed by atoms with Crippen molar-refractivity contribution in [3.8, 4) is 11.8 Å². The van der Waals surface area contributed by atoms with Crippen LogP contribution in [0.4, 0.5) is 5.69 Å². The molecule has 19 heavy (non-hydrogen) atoms. The smallest absolute Gasteiger partial charge is 0.135 e. The molecule has 0 amide bonds. The Hall–Kier alpha value is -1.99. The van der Waals surface area contributed by atoms with Crippen LogP contribution in [0, 0.1) is 11.3 Å². The quantitative estimate of drug-likeness (QED) is 0.929. The normalized spacial score (nSPS) is 9.74. The molecule has 0 fully saturated rings. The highest BCUT2D eigenvalue weighted by Gasteiger charge is 2.03. The Morgan fingerprint density at radius 3 is 2.79 bits per heavy atom. The Bertz CT molecular complexity index is 620. The molecule has 2 rings (SSSR count). The first-order valence-corrected chi connectivity index (χ1v) is 6.59. The van der Waals surface area contributed by atoms with Crippen LogP contribution in [0.25, 0.3) is 0 Å². The second-order valence-electron chi connectivity index (χ2n) is 3.97. The van der Waals surface area contributed by atoms with Crippen LogP contribution in [0.2, 0.25) is 0 Å². The summed E-state index contributed by atoms with van der Waals surface area (Å²) in [6.07, 6.45) is 0. The van der Waals surface area contributed by atoms with Crippen LogP contribution < -0.4 is 10.1 Å². The Labute approximate surface area is 121 Å². The zero-order valence-electron chi connectivity index (χ0n) is 10.5. The molecular formula is C15H13BrN2O. The van der Waals surface area contributed by atoms with E-state index >= 15 is 0 Å². The molecule has 0 heterocycles. The third kappa shape index (κ3) is 3.27. The first kappa shape index (κ1) is 13.4. The fourth-order valence-electron chi connectivity index (χ4n) is 1.75. The molecule has 0 atom stereocenters. The monoisotopic (exact) mass is 316 g/mol. The third-order valence-corrected chi connectivity index (χ3v) is 3.43. The molecule has 0 aliphatic heterocycles. The summed E-state index contributed by atoms with van der Waals surface area (Å²) in [6.45, 7) is 0.606. The van der Waals surface area contributed by atoms with Crippen molar-refractivity contribution in [3.63, 3.8) is 0 Å². The van der Waals surface area contributed by atoms with E-state index in [1.807, 2.05) is 42.5 Å². The Morgan fingerprint density at radius 2 is 2.05 bits per heavy atom. The molecule has 96 valence electrons. The van der Waals surface area contributed by atoms with Crippen molar-refractivity contribution in [2.45, 2.75) is 6.54 Å². The average Bonchev–Trinajstić information content (AvgIpc) is 2.46. The summed E-state index contributed by atoms with van der Waals surface area (Å²) in [5, 5.41) is 12.3. The van der Waals surface area contributed by atoms with Crippen LogP contribution in [0.3, 0.4) is 0 Å². The minimum Gasteiger partial charge on any atom is -0.495 e. The highest BCUT2D eigenvalue weighted by molar-refractivity contribution is 9.10. The van der Waals surface area contributed by atoms with E-state index in [1.54, 1.807) is 7.11 Å². The number of rotatable bonds is 4. The predicted octanol–water partition coefficient (Wildman–Crippen LogP) is 3.94. The number of nitriles is 1. The number of ether oxygens (including phenoxy) is 1. The van der Waals surface area contributed by atoms with E-state index in [0.29, 0.717) is 12.1 Å². The Balaban J connectivity index is 2.13. The summed E-state index contributed by atoms with van der Waals surface area (Å²) in [5.74, 6) is 0.776. The first-order chi connectivity index (χ1) is 9.24. The maximum Gasteiger partial charge on any atom is 0.135 e. The number of nitrogens with zero attached hydrogens (tertiary/aromatic N) is 1. The predicted molar refractivity (Wildman–Crippen MR) is 79.2 cm³/mol. The highest BCUT2D eigenvalue weighted by atomic mass is 79.9. The number of methoxy groups -OCH3 is 1. The average molecular weight is 317 g/mol. The summed E-state index contributed by atoms with van der Waals surface area (Å²) in [5.41, 5.74) is 2.62. The molecule has 1 N–H and O–H groups in total. The first-order valence-electron chi connectivity index (χ1n) is 5.80. The summed E-state index contributed by atoms with van der Waals surface area (Å²) in [4.78, 5) is 0. The maximum atomic E-state index is 9.03. The molecule has 3 nitrogen and oxygen atoms in total. The number of anilines is 1. The van der Waals surface area contributed by atoms with Gasteiger partial charge in [0.15, 0.2) is 0 Å². The van der Waals surface area contributed by atoms with Crippen molar-refractivity contribution in [1.82, 2.24) is 0 Å². The van der Waals surface area contributed by atoms with Crippen molar-refractivity contribution in [2.75, 3.05) is 12.4 Å². The molecule has 0 spiro atoms. The van der Waals surface area contributed by atoms with Gasteiger partial charge in [-0.1, -0.05) is 18.2 Å². The lowest BCUT2D eigenvalue weighted by Gasteiger charge is -2.10. The molecule has 0 saturated heterocycles. The summed E-state index contributed by atoms with van der Waals surface area (Å²) < 4.78 is 6.16. The van der Waals surface area contributed by atoms with E-state index in [-0.39, 0.29) is 0 Å². The maximum absolute atomic E-state index is 9.03. The summed E-state index contributed by atoms with van der Waals surface area (Å²) >= 11 is 3.41. The standard InChI is InChI=1S/C15H13BrN2O/c1-19-15-8-13(6-7-14(15)16)18-10-12-5-3-2-4-11(12)9-17/h2-8,18H,10H2,1H3. The zero-order chi connectivity index (χ0) is 13.7. The van der Waals surface area contributed by atoms with E-state index in [4.69, 9.17) is 10.00 Å². The summed E-state index contributed by atoms with van der Waals surface area (Å²) in [7, 11) is 1.63. The molecule has 0 aliphatic carbocycles. The van der Waals surface area contributed by atoms with Crippen molar-refractivity contribution in [2.24, 2.45) is 0 Å². The number of nitrogens with one attached hydrogen (secondary N) is 1. The van der Waals surface area contributed by atoms with Gasteiger partial charge in [0, 0.05) is 18.3 Å². The topological polar surface area (TPSA) is 45.0 Å². The Morgan fingerprint density at radius 1 is 1.26 bits per heavy atom. The van der Waals surface area contributed by atoms with Gasteiger partial charge in [-0.3, -0.25) is 0 Å². The molecule has 2 aromatic rings. The van der Waals surface area contributed by atoms with Gasteiger partial charge in [-0.2, -0.15) is 5.26 Å². The molecule has 0 radical (unpaired) electrons. The van der Waals surface area contributed by atoms with Gasteiger partial charge in [0.2, 0.25) is 0 Å². The number of halogens is 1. The minimum absolute atomic E-state index is 0.606. The van der Waals surface area contributed by atoms with Crippen molar-refractivity contribution in [1.29, 1.82) is 5.26 Å². The lowest BCUT2D eigenvalue weighted by molar-refractivity contribution is 0.412. The van der Waals surface area contributed by atoms with Gasteiger partial charge in [-0.05, 0) is 39.7 Å². The fourth-order valence-corrected chi connectivity index (χ4v) is 2.16. The SMILES string of the molecule is COc1cc(NCc2ccccc2C#N)ccc1Br. The van der Waals surface area contributed by atoms with Gasteiger partial charge in [-0.15, -0.1) is 0 Å². The molecule has 0 aromatic heterocycles. The molecule has 0 aliphatic rings. The fraction of sp³-hybridized carbons (Fsp3) is 0.133. The number of hydrogen-bond donors (Lipinski definition) is 1.